The van der Waals surface area contributed by atoms with Gasteiger partial charge in [0.1, 0.15) is 5.82 Å². The SMILES string of the molecule is CCC(C)N1CCN(C(=O)c2cnc(NC)c(Cl)c2)CC1. The topological polar surface area (TPSA) is 48.5 Å². The number of hydrogen-bond donors (Lipinski definition) is 1. The van der Waals surface area contributed by atoms with Gasteiger partial charge in [-0.15, -0.1) is 0 Å². The Bertz CT molecular complexity index is 500. The van der Waals surface area contributed by atoms with Gasteiger partial charge in [0.2, 0.25) is 0 Å². The summed E-state index contributed by atoms with van der Waals surface area (Å²) in [5.74, 6) is 0.602. The molecule has 6 heteroatoms. The Morgan fingerprint density at radius 2 is 2.10 bits per heavy atom. The average Bonchev–Trinajstić information content (AvgIpc) is 2.53. The molecule has 1 fully saturated rings. The second kappa shape index (κ2) is 7.09. The summed E-state index contributed by atoms with van der Waals surface area (Å²) in [4.78, 5) is 21.0. The Balaban J connectivity index is 2.00. The molecule has 1 aliphatic rings. The number of halogens is 1. The highest BCUT2D eigenvalue weighted by Gasteiger charge is 2.24. The molecule has 0 aliphatic carbocycles. The van der Waals surface area contributed by atoms with E-state index in [1.54, 1.807) is 19.3 Å². The number of amides is 1. The first-order valence-electron chi connectivity index (χ1n) is 7.43. The zero-order chi connectivity index (χ0) is 15.4. The number of nitrogens with one attached hydrogen (secondary N) is 1. The van der Waals surface area contributed by atoms with Gasteiger partial charge >= 0.3 is 0 Å². The number of anilines is 1. The van der Waals surface area contributed by atoms with E-state index in [1.165, 1.54) is 0 Å². The fourth-order valence-corrected chi connectivity index (χ4v) is 2.81. The largest absolute Gasteiger partial charge is 0.372 e. The molecule has 0 saturated carbocycles. The van der Waals surface area contributed by atoms with Gasteiger partial charge in [0.05, 0.1) is 10.6 Å². The summed E-state index contributed by atoms with van der Waals surface area (Å²) in [6, 6.07) is 2.26. The van der Waals surface area contributed by atoms with Crippen LogP contribution in [0.1, 0.15) is 30.6 Å². The molecule has 1 aliphatic heterocycles. The van der Waals surface area contributed by atoms with E-state index in [1.807, 2.05) is 4.90 Å². The second-order valence-corrected chi connectivity index (χ2v) is 5.80. The molecule has 0 bridgehead atoms. The molecule has 1 atom stereocenters. The predicted octanol–water partition coefficient (Wildman–Crippen LogP) is 2.33. The maximum absolute atomic E-state index is 12.5. The number of aromatic nitrogens is 1. The average molecular weight is 311 g/mol. The van der Waals surface area contributed by atoms with E-state index in [0.29, 0.717) is 22.4 Å². The van der Waals surface area contributed by atoms with Crippen LogP contribution in [0.3, 0.4) is 0 Å². The molecule has 0 radical (unpaired) electrons. The quantitative estimate of drug-likeness (QED) is 0.927. The minimum absolute atomic E-state index is 0.0101. The van der Waals surface area contributed by atoms with Crippen LogP contribution in [0.5, 0.6) is 0 Å². The number of carbonyl (C=O) groups is 1. The summed E-state index contributed by atoms with van der Waals surface area (Å²) in [5, 5.41) is 3.36. The maximum atomic E-state index is 12.5. The Hall–Kier alpha value is -1.33. The van der Waals surface area contributed by atoms with Crippen LogP contribution >= 0.6 is 11.6 Å². The fourth-order valence-electron chi connectivity index (χ4n) is 2.55. The number of pyridine rings is 1. The lowest BCUT2D eigenvalue weighted by Crippen LogP contribution is -2.51. The van der Waals surface area contributed by atoms with Crippen molar-refractivity contribution in [1.29, 1.82) is 0 Å². The predicted molar refractivity (Wildman–Crippen MR) is 86.0 cm³/mol. The van der Waals surface area contributed by atoms with E-state index in [4.69, 9.17) is 11.6 Å². The van der Waals surface area contributed by atoms with E-state index in [-0.39, 0.29) is 5.91 Å². The summed E-state index contributed by atoms with van der Waals surface area (Å²) in [6.07, 6.45) is 2.72. The van der Waals surface area contributed by atoms with E-state index in [2.05, 4.69) is 29.0 Å². The van der Waals surface area contributed by atoms with Gasteiger partial charge < -0.3 is 10.2 Å². The number of rotatable bonds is 4. The molecule has 1 aromatic heterocycles. The fraction of sp³-hybridized carbons (Fsp3) is 0.600. The van der Waals surface area contributed by atoms with Gasteiger partial charge in [-0.05, 0) is 19.4 Å². The Labute approximate surface area is 131 Å². The third-order valence-electron chi connectivity index (χ3n) is 4.14. The number of carbonyl (C=O) groups excluding carboxylic acids is 1. The van der Waals surface area contributed by atoms with Crippen molar-refractivity contribution >= 4 is 23.3 Å². The summed E-state index contributed by atoms with van der Waals surface area (Å²) < 4.78 is 0. The van der Waals surface area contributed by atoms with E-state index in [0.717, 1.165) is 32.6 Å². The van der Waals surface area contributed by atoms with Gasteiger partial charge in [-0.1, -0.05) is 18.5 Å². The second-order valence-electron chi connectivity index (χ2n) is 5.39. The molecular formula is C15H23ClN4O. The number of nitrogens with zero attached hydrogens (tertiary/aromatic N) is 3. The lowest BCUT2D eigenvalue weighted by Gasteiger charge is -2.37. The molecule has 1 aromatic rings. The Morgan fingerprint density at radius 1 is 1.43 bits per heavy atom. The smallest absolute Gasteiger partial charge is 0.255 e. The standard InChI is InChI=1S/C15H23ClN4O/c1-4-11(2)19-5-7-20(8-6-19)15(21)12-9-13(16)14(17-3)18-10-12/h9-11H,4-8H2,1-3H3,(H,17,18). The van der Waals surface area contributed by atoms with Crippen molar-refractivity contribution in [3.63, 3.8) is 0 Å². The molecule has 1 unspecified atom stereocenters. The van der Waals surface area contributed by atoms with Gasteiger partial charge in [0, 0.05) is 45.5 Å². The molecule has 1 saturated heterocycles. The lowest BCUT2D eigenvalue weighted by atomic mass is 10.1. The minimum atomic E-state index is 0.0101. The molecule has 2 rings (SSSR count). The van der Waals surface area contributed by atoms with Gasteiger partial charge in [-0.3, -0.25) is 9.69 Å². The number of piperazine rings is 1. The molecule has 1 amide bonds. The van der Waals surface area contributed by atoms with Crippen molar-refractivity contribution in [2.45, 2.75) is 26.3 Å². The molecule has 21 heavy (non-hydrogen) atoms. The van der Waals surface area contributed by atoms with Crippen LogP contribution in [-0.2, 0) is 0 Å². The van der Waals surface area contributed by atoms with Crippen molar-refractivity contribution in [1.82, 2.24) is 14.8 Å². The monoisotopic (exact) mass is 310 g/mol. The summed E-state index contributed by atoms with van der Waals surface area (Å²) in [7, 11) is 1.75. The van der Waals surface area contributed by atoms with Crippen molar-refractivity contribution in [2.24, 2.45) is 0 Å². The van der Waals surface area contributed by atoms with Gasteiger partial charge in [-0.25, -0.2) is 4.98 Å². The van der Waals surface area contributed by atoms with Crippen LogP contribution in [0.2, 0.25) is 5.02 Å². The van der Waals surface area contributed by atoms with Crippen LogP contribution in [0.15, 0.2) is 12.3 Å². The molecule has 0 spiro atoms. The van der Waals surface area contributed by atoms with E-state index >= 15 is 0 Å². The highest BCUT2D eigenvalue weighted by atomic mass is 35.5. The summed E-state index contributed by atoms with van der Waals surface area (Å²) >= 11 is 6.09. The first-order valence-corrected chi connectivity index (χ1v) is 7.81. The van der Waals surface area contributed by atoms with Gasteiger partial charge in [-0.2, -0.15) is 0 Å². The van der Waals surface area contributed by atoms with E-state index in [9.17, 15) is 4.79 Å². The first kappa shape index (κ1) is 16.0. The third-order valence-corrected chi connectivity index (χ3v) is 4.43. The molecule has 5 nitrogen and oxygen atoms in total. The molecular weight excluding hydrogens is 288 g/mol. The zero-order valence-corrected chi connectivity index (χ0v) is 13.7. The van der Waals surface area contributed by atoms with Crippen LogP contribution in [0, 0.1) is 0 Å². The zero-order valence-electron chi connectivity index (χ0n) is 12.9. The third kappa shape index (κ3) is 3.66. The van der Waals surface area contributed by atoms with Crippen LogP contribution in [0.4, 0.5) is 5.82 Å². The first-order chi connectivity index (χ1) is 10.1. The van der Waals surface area contributed by atoms with Gasteiger partial charge in [0.25, 0.3) is 5.91 Å². The van der Waals surface area contributed by atoms with Crippen LogP contribution in [0.25, 0.3) is 0 Å². The molecule has 2 heterocycles. The van der Waals surface area contributed by atoms with E-state index < -0.39 is 0 Å². The molecule has 116 valence electrons. The normalized spacial score (nSPS) is 17.6. The molecule has 1 N–H and O–H groups in total. The molecule has 0 aromatic carbocycles. The maximum Gasteiger partial charge on any atom is 0.255 e. The van der Waals surface area contributed by atoms with Crippen molar-refractivity contribution in [3.05, 3.63) is 22.8 Å². The van der Waals surface area contributed by atoms with Crippen molar-refractivity contribution in [3.8, 4) is 0 Å². The van der Waals surface area contributed by atoms with Gasteiger partial charge in [0.15, 0.2) is 0 Å². The Morgan fingerprint density at radius 3 is 2.62 bits per heavy atom. The summed E-state index contributed by atoms with van der Waals surface area (Å²) in [5.41, 5.74) is 0.552. The Kier molecular flexibility index (Phi) is 5.42. The highest BCUT2D eigenvalue weighted by Crippen LogP contribution is 2.21. The highest BCUT2D eigenvalue weighted by molar-refractivity contribution is 6.33. The minimum Gasteiger partial charge on any atom is -0.372 e. The number of hydrogen-bond acceptors (Lipinski definition) is 4. The summed E-state index contributed by atoms with van der Waals surface area (Å²) in [6.45, 7) is 7.80. The van der Waals surface area contributed by atoms with Crippen molar-refractivity contribution in [2.75, 3.05) is 38.5 Å². The van der Waals surface area contributed by atoms with Crippen LogP contribution in [-0.4, -0.2) is 60.0 Å². The lowest BCUT2D eigenvalue weighted by molar-refractivity contribution is 0.0579. The van der Waals surface area contributed by atoms with Crippen molar-refractivity contribution < 1.29 is 4.79 Å². The van der Waals surface area contributed by atoms with Crippen LogP contribution < -0.4 is 5.32 Å².